The van der Waals surface area contributed by atoms with E-state index in [9.17, 15) is 4.79 Å². The molecular formula is C23H20ClN3OS2. The van der Waals surface area contributed by atoms with E-state index >= 15 is 0 Å². The lowest BCUT2D eigenvalue weighted by atomic mass is 10.0. The molecule has 0 radical (unpaired) electrons. The van der Waals surface area contributed by atoms with Gasteiger partial charge in [-0.05, 0) is 50.1 Å². The molecule has 0 aliphatic carbocycles. The summed E-state index contributed by atoms with van der Waals surface area (Å²) in [6, 6.07) is 11.4. The third-order valence-electron chi connectivity index (χ3n) is 4.72. The number of aryl methyl sites for hydroxylation is 3. The minimum Gasteiger partial charge on any atom is -0.294 e. The number of carbonyl (C=O) groups is 1. The summed E-state index contributed by atoms with van der Waals surface area (Å²) in [4.78, 5) is 27.3. The van der Waals surface area contributed by atoms with Gasteiger partial charge in [-0.1, -0.05) is 23.7 Å². The van der Waals surface area contributed by atoms with Gasteiger partial charge < -0.3 is 0 Å². The van der Waals surface area contributed by atoms with Crippen molar-refractivity contribution >= 4 is 40.1 Å². The smallest absolute Gasteiger partial charge is 0.164 e. The average molecular weight is 454 g/mol. The van der Waals surface area contributed by atoms with Crippen LogP contribution >= 0.6 is 34.3 Å². The van der Waals surface area contributed by atoms with Crippen LogP contribution in [0.2, 0.25) is 5.02 Å². The molecule has 0 saturated heterocycles. The molecule has 3 aromatic heterocycles. The molecule has 0 amide bonds. The van der Waals surface area contributed by atoms with E-state index in [-0.39, 0.29) is 5.78 Å². The Morgan fingerprint density at radius 3 is 2.53 bits per heavy atom. The second-order valence-corrected chi connectivity index (χ2v) is 9.62. The van der Waals surface area contributed by atoms with Crippen molar-refractivity contribution in [3.8, 4) is 10.6 Å². The third-order valence-corrected chi connectivity index (χ3v) is 6.92. The van der Waals surface area contributed by atoms with E-state index in [1.54, 1.807) is 28.9 Å². The van der Waals surface area contributed by atoms with Gasteiger partial charge in [0.2, 0.25) is 0 Å². The first-order valence-electron chi connectivity index (χ1n) is 9.59. The van der Waals surface area contributed by atoms with Crippen molar-refractivity contribution in [1.82, 2.24) is 15.0 Å². The van der Waals surface area contributed by atoms with Crippen molar-refractivity contribution in [2.24, 2.45) is 0 Å². The van der Waals surface area contributed by atoms with Crippen molar-refractivity contribution in [3.63, 3.8) is 0 Å². The first-order chi connectivity index (χ1) is 14.5. The summed E-state index contributed by atoms with van der Waals surface area (Å²) in [6.07, 6.45) is 3.47. The Bertz CT molecular complexity index is 1160. The van der Waals surface area contributed by atoms with Crippen LogP contribution in [0.1, 0.15) is 43.7 Å². The lowest BCUT2D eigenvalue weighted by molar-refractivity contribution is 0.0982. The van der Waals surface area contributed by atoms with Crippen molar-refractivity contribution in [2.75, 3.05) is 0 Å². The van der Waals surface area contributed by atoms with Gasteiger partial charge in [-0.2, -0.15) is 0 Å². The van der Waals surface area contributed by atoms with Crippen molar-refractivity contribution < 1.29 is 4.79 Å². The summed E-state index contributed by atoms with van der Waals surface area (Å²) in [5.41, 5.74) is 4.65. The fraction of sp³-hybridized carbons (Fsp3) is 0.217. The van der Waals surface area contributed by atoms with E-state index in [1.807, 2.05) is 50.2 Å². The first kappa shape index (κ1) is 20.8. The Hall–Kier alpha value is -2.41. The first-order valence-corrected chi connectivity index (χ1v) is 11.7. The minimum atomic E-state index is 0.0941. The maximum absolute atomic E-state index is 12.5. The van der Waals surface area contributed by atoms with Gasteiger partial charge in [0.15, 0.2) is 5.78 Å². The predicted octanol–water partition coefficient (Wildman–Crippen LogP) is 6.34. The van der Waals surface area contributed by atoms with E-state index < -0.39 is 0 Å². The zero-order valence-electron chi connectivity index (χ0n) is 16.7. The lowest BCUT2D eigenvalue weighted by Crippen LogP contribution is -2.03. The number of nitrogens with zero attached hydrogens (tertiary/aromatic N) is 3. The van der Waals surface area contributed by atoms with Crippen LogP contribution in [-0.4, -0.2) is 20.7 Å². The Balaban J connectivity index is 1.37. The number of ketones is 1. The number of aromatic nitrogens is 3. The number of carbonyl (C=O) groups excluding carboxylic acids is 1. The zero-order valence-corrected chi connectivity index (χ0v) is 19.1. The van der Waals surface area contributed by atoms with E-state index in [0.717, 1.165) is 37.5 Å². The predicted molar refractivity (Wildman–Crippen MR) is 124 cm³/mol. The summed E-state index contributed by atoms with van der Waals surface area (Å²) in [5, 5.41) is 4.83. The molecule has 0 spiro atoms. The van der Waals surface area contributed by atoms with E-state index in [0.29, 0.717) is 29.8 Å². The Morgan fingerprint density at radius 2 is 1.87 bits per heavy atom. The largest absolute Gasteiger partial charge is 0.294 e. The highest BCUT2D eigenvalue weighted by Gasteiger charge is 2.13. The third kappa shape index (κ3) is 5.01. The van der Waals surface area contributed by atoms with Gasteiger partial charge in [-0.3, -0.25) is 9.78 Å². The molecule has 0 atom stereocenters. The zero-order chi connectivity index (χ0) is 21.1. The van der Waals surface area contributed by atoms with Gasteiger partial charge in [-0.25, -0.2) is 9.97 Å². The SMILES string of the molecule is Cc1nc(C)c(-c2csc(Cc3ccc(C(=O)CCc4ccc(Cl)cc4)cn3)n2)s1. The molecule has 7 heteroatoms. The number of hydrogen-bond acceptors (Lipinski definition) is 6. The quantitative estimate of drug-likeness (QED) is 0.306. The van der Waals surface area contributed by atoms with Gasteiger partial charge in [0.05, 0.1) is 26.3 Å². The monoisotopic (exact) mass is 453 g/mol. The second kappa shape index (κ2) is 9.16. The summed E-state index contributed by atoms with van der Waals surface area (Å²) >= 11 is 9.20. The van der Waals surface area contributed by atoms with Crippen LogP contribution in [0.5, 0.6) is 0 Å². The molecule has 30 heavy (non-hydrogen) atoms. The van der Waals surface area contributed by atoms with E-state index in [1.165, 1.54) is 0 Å². The minimum absolute atomic E-state index is 0.0941. The van der Waals surface area contributed by atoms with Crippen LogP contribution in [-0.2, 0) is 12.8 Å². The number of thiazole rings is 2. The molecule has 0 aliphatic rings. The summed E-state index contributed by atoms with van der Waals surface area (Å²) in [6.45, 7) is 4.03. The molecule has 0 aliphatic heterocycles. The second-order valence-electron chi connectivity index (χ2n) is 7.04. The topological polar surface area (TPSA) is 55.7 Å². The molecule has 0 bridgehead atoms. The molecule has 0 fully saturated rings. The van der Waals surface area contributed by atoms with Crippen molar-refractivity contribution in [3.05, 3.63) is 85.5 Å². The molecule has 4 rings (SSSR count). The highest BCUT2D eigenvalue weighted by Crippen LogP contribution is 2.31. The van der Waals surface area contributed by atoms with E-state index in [4.69, 9.17) is 16.6 Å². The fourth-order valence-corrected chi connectivity index (χ4v) is 5.05. The number of benzene rings is 1. The summed E-state index contributed by atoms with van der Waals surface area (Å²) in [7, 11) is 0. The van der Waals surface area contributed by atoms with Crippen LogP contribution in [0.15, 0.2) is 48.0 Å². The number of Topliss-reactive ketones (excluding diaryl/α,β-unsaturated/α-hetero) is 1. The number of halogens is 1. The van der Waals surface area contributed by atoms with Gasteiger partial charge in [0.1, 0.15) is 0 Å². The standard InChI is InChI=1S/C23H20ClN3OS2/c1-14-23(30-15(2)26-14)20-13-29-22(27-20)11-19-9-6-17(12-25-19)21(28)10-5-16-3-7-18(24)8-4-16/h3-4,6-9,12-13H,5,10-11H2,1-2H3. The van der Waals surface area contributed by atoms with Crippen LogP contribution < -0.4 is 0 Å². The fourth-order valence-electron chi connectivity index (χ4n) is 3.17. The highest BCUT2D eigenvalue weighted by atomic mass is 35.5. The lowest BCUT2D eigenvalue weighted by Gasteiger charge is -2.03. The Morgan fingerprint density at radius 1 is 1.07 bits per heavy atom. The maximum Gasteiger partial charge on any atom is 0.164 e. The summed E-state index contributed by atoms with van der Waals surface area (Å²) < 4.78 is 0. The molecular weight excluding hydrogens is 434 g/mol. The van der Waals surface area contributed by atoms with Gasteiger partial charge in [-0.15, -0.1) is 22.7 Å². The molecule has 4 nitrogen and oxygen atoms in total. The highest BCUT2D eigenvalue weighted by molar-refractivity contribution is 7.16. The molecule has 0 saturated carbocycles. The van der Waals surface area contributed by atoms with Gasteiger partial charge >= 0.3 is 0 Å². The van der Waals surface area contributed by atoms with Crippen LogP contribution in [0.25, 0.3) is 10.6 Å². The Labute approximate surface area is 188 Å². The molecule has 1 aromatic carbocycles. The van der Waals surface area contributed by atoms with Crippen LogP contribution in [0.3, 0.4) is 0 Å². The molecule has 0 unspecified atom stereocenters. The summed E-state index contributed by atoms with van der Waals surface area (Å²) in [5.74, 6) is 0.0941. The maximum atomic E-state index is 12.5. The molecule has 4 aromatic rings. The molecule has 152 valence electrons. The van der Waals surface area contributed by atoms with E-state index in [2.05, 4.69) is 15.3 Å². The van der Waals surface area contributed by atoms with Crippen LogP contribution in [0.4, 0.5) is 0 Å². The van der Waals surface area contributed by atoms with Gasteiger partial charge in [0, 0.05) is 40.7 Å². The Kier molecular flexibility index (Phi) is 6.37. The number of hydrogen-bond donors (Lipinski definition) is 0. The molecule has 0 N–H and O–H groups in total. The normalized spacial score (nSPS) is 11.0. The van der Waals surface area contributed by atoms with Crippen molar-refractivity contribution in [2.45, 2.75) is 33.1 Å². The average Bonchev–Trinajstić information content (AvgIpc) is 3.33. The van der Waals surface area contributed by atoms with Crippen LogP contribution in [0, 0.1) is 13.8 Å². The van der Waals surface area contributed by atoms with Crippen molar-refractivity contribution in [1.29, 1.82) is 0 Å². The number of pyridine rings is 1. The van der Waals surface area contributed by atoms with Gasteiger partial charge in [0.25, 0.3) is 0 Å². The number of rotatable bonds is 7. The molecule has 3 heterocycles.